The zero-order valence-electron chi connectivity index (χ0n) is 12.7. The predicted octanol–water partition coefficient (Wildman–Crippen LogP) is 0.912. The van der Waals surface area contributed by atoms with Crippen molar-refractivity contribution in [1.82, 2.24) is 9.97 Å². The summed E-state index contributed by atoms with van der Waals surface area (Å²) < 4.78 is 0. The van der Waals surface area contributed by atoms with Gasteiger partial charge in [-0.25, -0.2) is 9.97 Å². The number of carbonyl (C=O) groups excluding carboxylic acids is 1. The molecular weight excluding hydrogens is 292 g/mol. The van der Waals surface area contributed by atoms with Crippen molar-refractivity contribution in [3.8, 4) is 11.3 Å². The summed E-state index contributed by atoms with van der Waals surface area (Å²) in [5.41, 5.74) is 9.89. The van der Waals surface area contributed by atoms with E-state index in [0.29, 0.717) is 24.6 Å². The minimum Gasteiger partial charge on any atom is -0.389 e. The first kappa shape index (κ1) is 14.1. The smallest absolute Gasteiger partial charge is 0.248 e. The fourth-order valence-electron chi connectivity index (χ4n) is 3.24. The van der Waals surface area contributed by atoms with Crippen molar-refractivity contribution in [3.05, 3.63) is 41.1 Å². The van der Waals surface area contributed by atoms with Gasteiger partial charge in [-0.3, -0.25) is 4.79 Å². The van der Waals surface area contributed by atoms with Crippen LogP contribution >= 0.6 is 0 Å². The minimum atomic E-state index is -0.441. The molecule has 1 amide bonds. The van der Waals surface area contributed by atoms with E-state index in [1.165, 1.54) is 0 Å². The van der Waals surface area contributed by atoms with Crippen LogP contribution in [0.1, 0.15) is 28.0 Å². The summed E-state index contributed by atoms with van der Waals surface area (Å²) in [5.74, 6) is 0.221. The predicted molar refractivity (Wildman–Crippen MR) is 86.2 cm³/mol. The van der Waals surface area contributed by atoms with Gasteiger partial charge >= 0.3 is 0 Å². The van der Waals surface area contributed by atoms with Gasteiger partial charge in [0, 0.05) is 35.5 Å². The highest BCUT2D eigenvalue weighted by Gasteiger charge is 2.29. The van der Waals surface area contributed by atoms with E-state index in [-0.39, 0.29) is 6.10 Å². The number of benzene rings is 1. The summed E-state index contributed by atoms with van der Waals surface area (Å²) in [5, 5.41) is 9.51. The Morgan fingerprint density at radius 3 is 2.83 bits per heavy atom. The Bertz CT molecular complexity index is 784. The second kappa shape index (κ2) is 5.31. The normalized spacial score (nSPS) is 17.0. The fourth-order valence-corrected chi connectivity index (χ4v) is 3.24. The molecule has 23 heavy (non-hydrogen) atoms. The summed E-state index contributed by atoms with van der Waals surface area (Å²) in [6.45, 7) is 1.14. The molecule has 0 radical (unpaired) electrons. The number of aryl methyl sites for hydroxylation is 1. The van der Waals surface area contributed by atoms with Gasteiger partial charge in [-0.15, -0.1) is 0 Å². The van der Waals surface area contributed by atoms with Crippen LogP contribution < -0.4 is 10.6 Å². The number of aromatic nitrogens is 2. The lowest BCUT2D eigenvalue weighted by Gasteiger charge is -2.36. The number of amides is 1. The molecule has 0 atom stereocenters. The number of primary amides is 1. The molecular formula is C17H18N4O2. The molecule has 0 spiro atoms. The Kier molecular flexibility index (Phi) is 3.27. The number of rotatable bonds is 3. The number of carbonyl (C=O) groups is 1. The molecule has 2 aromatic rings. The lowest BCUT2D eigenvalue weighted by molar-refractivity contribution is 0.100. The highest BCUT2D eigenvalue weighted by Crippen LogP contribution is 2.33. The molecule has 2 aliphatic rings. The van der Waals surface area contributed by atoms with Crippen molar-refractivity contribution in [2.24, 2.45) is 5.73 Å². The number of anilines is 1. The molecule has 0 bridgehead atoms. The molecule has 3 N–H and O–H groups in total. The number of β-amino-alcohol motifs (C(OH)–C–C–N with tert-alkyl or cyclic N) is 1. The molecule has 6 nitrogen and oxygen atoms in total. The van der Waals surface area contributed by atoms with E-state index in [1.807, 2.05) is 17.0 Å². The maximum atomic E-state index is 11.4. The zero-order chi connectivity index (χ0) is 16.0. The first-order chi connectivity index (χ1) is 11.1. The molecule has 1 aliphatic heterocycles. The third kappa shape index (κ3) is 2.45. The molecule has 0 saturated carbocycles. The van der Waals surface area contributed by atoms with Gasteiger partial charge in [0.1, 0.15) is 0 Å². The Labute approximate surface area is 134 Å². The summed E-state index contributed by atoms with van der Waals surface area (Å²) in [6.07, 6.45) is 2.67. The zero-order valence-corrected chi connectivity index (χ0v) is 12.7. The Hall–Kier alpha value is -2.47. The third-order valence-corrected chi connectivity index (χ3v) is 4.49. The van der Waals surface area contributed by atoms with Gasteiger partial charge in [-0.1, -0.05) is 12.1 Å². The molecule has 2 heterocycles. The number of aliphatic hydroxyl groups is 1. The maximum absolute atomic E-state index is 11.4. The minimum absolute atomic E-state index is 0.298. The number of hydrogen-bond donors (Lipinski definition) is 2. The van der Waals surface area contributed by atoms with Gasteiger partial charge in [0.25, 0.3) is 0 Å². The van der Waals surface area contributed by atoms with Gasteiger partial charge in [0.2, 0.25) is 11.9 Å². The molecule has 4 rings (SSSR count). The summed E-state index contributed by atoms with van der Waals surface area (Å²) in [6, 6.07) is 7.27. The van der Waals surface area contributed by atoms with Crippen molar-refractivity contribution in [3.63, 3.8) is 0 Å². The van der Waals surface area contributed by atoms with Crippen molar-refractivity contribution in [2.45, 2.75) is 25.4 Å². The van der Waals surface area contributed by atoms with Crippen LogP contribution in [0.15, 0.2) is 24.3 Å². The van der Waals surface area contributed by atoms with Gasteiger partial charge in [-0.2, -0.15) is 0 Å². The van der Waals surface area contributed by atoms with E-state index in [2.05, 4.69) is 4.98 Å². The second-order valence-electron chi connectivity index (χ2n) is 6.15. The number of fused-ring (bicyclic) bond motifs is 1. The van der Waals surface area contributed by atoms with E-state index >= 15 is 0 Å². The fraction of sp³-hybridized carbons (Fsp3) is 0.353. The lowest BCUT2D eigenvalue weighted by Crippen LogP contribution is -2.51. The van der Waals surface area contributed by atoms with Crippen LogP contribution in [0.3, 0.4) is 0 Å². The molecule has 1 saturated heterocycles. The SMILES string of the molecule is NC(=O)c1cccc(-c2nc(N3CC(O)C3)nc3c2CCC3)c1. The standard InChI is InChI=1S/C17H18N4O2/c18-16(23)11-4-1-3-10(7-11)15-13-5-2-6-14(13)19-17(20-15)21-8-12(22)9-21/h1,3-4,7,12,22H,2,5-6,8-9H2,(H2,18,23). The van der Waals surface area contributed by atoms with Gasteiger partial charge in [0.15, 0.2) is 0 Å². The summed E-state index contributed by atoms with van der Waals surface area (Å²) in [4.78, 5) is 22.8. The number of hydrogen-bond acceptors (Lipinski definition) is 5. The first-order valence-electron chi connectivity index (χ1n) is 7.85. The van der Waals surface area contributed by atoms with Crippen LogP contribution in [0.25, 0.3) is 11.3 Å². The summed E-state index contributed by atoms with van der Waals surface area (Å²) in [7, 11) is 0. The van der Waals surface area contributed by atoms with Crippen LogP contribution in [0.5, 0.6) is 0 Å². The molecule has 1 aromatic carbocycles. The molecule has 1 fully saturated rings. The van der Waals surface area contributed by atoms with E-state index in [1.54, 1.807) is 12.1 Å². The molecule has 1 aliphatic carbocycles. The average Bonchev–Trinajstić information content (AvgIpc) is 2.99. The van der Waals surface area contributed by atoms with Crippen molar-refractivity contribution < 1.29 is 9.90 Å². The van der Waals surface area contributed by atoms with Crippen molar-refractivity contribution >= 4 is 11.9 Å². The number of nitrogens with zero attached hydrogens (tertiary/aromatic N) is 3. The van der Waals surface area contributed by atoms with E-state index in [0.717, 1.165) is 41.8 Å². The van der Waals surface area contributed by atoms with Crippen LogP contribution in [-0.2, 0) is 12.8 Å². The van der Waals surface area contributed by atoms with Gasteiger partial charge in [0.05, 0.1) is 11.8 Å². The highest BCUT2D eigenvalue weighted by atomic mass is 16.3. The largest absolute Gasteiger partial charge is 0.389 e. The first-order valence-corrected chi connectivity index (χ1v) is 7.85. The van der Waals surface area contributed by atoms with Crippen molar-refractivity contribution in [1.29, 1.82) is 0 Å². The molecule has 6 heteroatoms. The Morgan fingerprint density at radius 1 is 1.26 bits per heavy atom. The van der Waals surface area contributed by atoms with Crippen LogP contribution in [0.4, 0.5) is 5.95 Å². The molecule has 0 unspecified atom stereocenters. The Balaban J connectivity index is 1.81. The third-order valence-electron chi connectivity index (χ3n) is 4.49. The van der Waals surface area contributed by atoms with Crippen LogP contribution in [-0.4, -0.2) is 40.2 Å². The quantitative estimate of drug-likeness (QED) is 0.879. The molecule has 1 aromatic heterocycles. The summed E-state index contributed by atoms with van der Waals surface area (Å²) >= 11 is 0. The average molecular weight is 310 g/mol. The second-order valence-corrected chi connectivity index (χ2v) is 6.15. The highest BCUT2D eigenvalue weighted by molar-refractivity contribution is 5.94. The van der Waals surface area contributed by atoms with Crippen molar-refractivity contribution in [2.75, 3.05) is 18.0 Å². The Morgan fingerprint density at radius 2 is 2.09 bits per heavy atom. The van der Waals surface area contributed by atoms with Gasteiger partial charge < -0.3 is 15.7 Å². The monoisotopic (exact) mass is 310 g/mol. The topological polar surface area (TPSA) is 92.3 Å². The maximum Gasteiger partial charge on any atom is 0.248 e. The lowest BCUT2D eigenvalue weighted by atomic mass is 10.0. The van der Waals surface area contributed by atoms with E-state index in [9.17, 15) is 9.90 Å². The number of aliphatic hydroxyl groups excluding tert-OH is 1. The van der Waals surface area contributed by atoms with Crippen LogP contribution in [0, 0.1) is 0 Å². The van der Waals surface area contributed by atoms with E-state index in [4.69, 9.17) is 10.7 Å². The van der Waals surface area contributed by atoms with Crippen LogP contribution in [0.2, 0.25) is 0 Å². The number of nitrogens with two attached hydrogens (primary N) is 1. The molecule has 118 valence electrons. The van der Waals surface area contributed by atoms with Gasteiger partial charge in [-0.05, 0) is 31.4 Å². The van der Waals surface area contributed by atoms with E-state index < -0.39 is 5.91 Å².